The van der Waals surface area contributed by atoms with E-state index in [9.17, 15) is 4.79 Å². The summed E-state index contributed by atoms with van der Waals surface area (Å²) < 4.78 is 7.35. The fraction of sp³-hybridized carbons (Fsp3) is 0.0667. The van der Waals surface area contributed by atoms with Crippen LogP contribution in [0.4, 0.5) is 0 Å². The van der Waals surface area contributed by atoms with E-state index < -0.39 is 5.97 Å². The minimum atomic E-state index is -0.979. The van der Waals surface area contributed by atoms with Crippen molar-refractivity contribution in [3.8, 4) is 5.75 Å². The number of benzene rings is 1. The molecule has 0 bridgehead atoms. The number of hydrogen-bond donors (Lipinski definition) is 1. The Kier molecular flexibility index (Phi) is 5.52. The third-order valence-corrected chi connectivity index (χ3v) is 3.63. The van der Waals surface area contributed by atoms with Crippen molar-refractivity contribution in [2.24, 2.45) is 0 Å². The summed E-state index contributed by atoms with van der Waals surface area (Å²) in [7, 11) is 0. The molecule has 6 heteroatoms. The molecule has 1 aromatic heterocycles. The van der Waals surface area contributed by atoms with Crippen LogP contribution in [0.1, 0.15) is 11.3 Å². The lowest BCUT2D eigenvalue weighted by Gasteiger charge is -2.08. The van der Waals surface area contributed by atoms with Gasteiger partial charge in [-0.3, -0.25) is 4.98 Å². The lowest BCUT2D eigenvalue weighted by molar-refractivity contribution is -0.131. The van der Waals surface area contributed by atoms with E-state index in [1.807, 2.05) is 12.1 Å². The van der Waals surface area contributed by atoms with E-state index in [-0.39, 0.29) is 0 Å². The molecular weight excluding hydrogens is 402 g/mol. The molecule has 0 aliphatic rings. The fourth-order valence-electron chi connectivity index (χ4n) is 1.55. The van der Waals surface area contributed by atoms with Crippen LogP contribution in [0.2, 0.25) is 0 Å². The van der Waals surface area contributed by atoms with Gasteiger partial charge in [-0.05, 0) is 67.8 Å². The molecule has 0 atom stereocenters. The van der Waals surface area contributed by atoms with E-state index in [1.54, 1.807) is 24.4 Å². The van der Waals surface area contributed by atoms with Crippen LogP contribution >= 0.6 is 31.9 Å². The van der Waals surface area contributed by atoms with Crippen molar-refractivity contribution in [3.05, 3.63) is 62.8 Å². The predicted octanol–water partition coefficient (Wildman–Crippen LogP) is 4.28. The number of carboxylic acids is 1. The molecule has 1 N–H and O–H groups in total. The quantitative estimate of drug-likeness (QED) is 0.744. The Morgan fingerprint density at radius 3 is 2.71 bits per heavy atom. The van der Waals surface area contributed by atoms with Gasteiger partial charge in [-0.15, -0.1) is 0 Å². The van der Waals surface area contributed by atoms with Gasteiger partial charge in [-0.25, -0.2) is 4.79 Å². The Balaban J connectivity index is 2.04. The third-order valence-electron chi connectivity index (χ3n) is 2.54. The van der Waals surface area contributed by atoms with Gasteiger partial charge in [-0.1, -0.05) is 6.07 Å². The lowest BCUT2D eigenvalue weighted by Crippen LogP contribution is -1.98. The van der Waals surface area contributed by atoms with Crippen LogP contribution in [0, 0.1) is 0 Å². The zero-order valence-corrected chi connectivity index (χ0v) is 14.0. The molecular formula is C15H11Br2NO3. The van der Waals surface area contributed by atoms with Gasteiger partial charge in [0, 0.05) is 16.7 Å². The average molecular weight is 413 g/mol. The minimum Gasteiger partial charge on any atom is -0.486 e. The summed E-state index contributed by atoms with van der Waals surface area (Å²) in [6, 6.07) is 9.14. The molecule has 4 nitrogen and oxygen atoms in total. The summed E-state index contributed by atoms with van der Waals surface area (Å²) in [6.07, 6.45) is 4.33. The second kappa shape index (κ2) is 7.38. The zero-order chi connectivity index (χ0) is 15.2. The van der Waals surface area contributed by atoms with Gasteiger partial charge in [0.1, 0.15) is 12.4 Å². The molecule has 2 rings (SSSR count). The number of aliphatic carboxylic acids is 1. The molecule has 0 aliphatic carbocycles. The molecule has 0 aliphatic heterocycles. The van der Waals surface area contributed by atoms with Crippen molar-refractivity contribution >= 4 is 43.9 Å². The van der Waals surface area contributed by atoms with Gasteiger partial charge in [0.05, 0.1) is 10.2 Å². The van der Waals surface area contributed by atoms with Gasteiger partial charge in [0.25, 0.3) is 0 Å². The largest absolute Gasteiger partial charge is 0.486 e. The molecule has 1 heterocycles. The highest BCUT2D eigenvalue weighted by atomic mass is 79.9. The standard InChI is InChI=1S/C15H11Br2NO3/c16-11-3-4-12(18-8-11)9-21-14-5-1-10(7-13(14)17)2-6-15(19)20/h1-8H,9H2,(H,19,20)/b6-2+. The van der Waals surface area contributed by atoms with Crippen molar-refractivity contribution in [2.45, 2.75) is 6.61 Å². The Bertz CT molecular complexity index is 669. The highest BCUT2D eigenvalue weighted by Crippen LogP contribution is 2.27. The predicted molar refractivity (Wildman–Crippen MR) is 87.1 cm³/mol. The molecule has 0 spiro atoms. The number of carboxylic acid groups (broad SMARTS) is 1. The van der Waals surface area contributed by atoms with E-state index in [2.05, 4.69) is 36.8 Å². The number of aromatic nitrogens is 1. The molecule has 2 aromatic rings. The van der Waals surface area contributed by atoms with Crippen molar-refractivity contribution in [1.29, 1.82) is 0 Å². The van der Waals surface area contributed by atoms with Crippen LogP contribution in [-0.2, 0) is 11.4 Å². The number of nitrogens with zero attached hydrogens (tertiary/aromatic N) is 1. The topological polar surface area (TPSA) is 59.4 Å². The Morgan fingerprint density at radius 2 is 2.10 bits per heavy atom. The number of pyridine rings is 1. The Labute approximate surface area is 138 Å². The fourth-order valence-corrected chi connectivity index (χ4v) is 2.29. The molecule has 0 saturated carbocycles. The van der Waals surface area contributed by atoms with Crippen LogP contribution in [-0.4, -0.2) is 16.1 Å². The molecule has 108 valence electrons. The molecule has 1 aromatic carbocycles. The maximum absolute atomic E-state index is 10.5. The molecule has 0 amide bonds. The Hall–Kier alpha value is -1.66. The van der Waals surface area contributed by atoms with Crippen LogP contribution < -0.4 is 4.74 Å². The van der Waals surface area contributed by atoms with Crippen molar-refractivity contribution in [2.75, 3.05) is 0 Å². The first-order valence-corrected chi connectivity index (χ1v) is 7.57. The van der Waals surface area contributed by atoms with E-state index in [4.69, 9.17) is 9.84 Å². The number of halogens is 2. The normalized spacial score (nSPS) is 10.8. The second-order valence-corrected chi connectivity index (χ2v) is 5.89. The first-order valence-electron chi connectivity index (χ1n) is 5.98. The van der Waals surface area contributed by atoms with Crippen molar-refractivity contribution in [3.63, 3.8) is 0 Å². The van der Waals surface area contributed by atoms with Gasteiger partial charge < -0.3 is 9.84 Å². The van der Waals surface area contributed by atoms with Crippen LogP contribution in [0.15, 0.2) is 51.6 Å². The van der Waals surface area contributed by atoms with E-state index in [1.165, 1.54) is 6.08 Å². The SMILES string of the molecule is O=C(O)/C=C/c1ccc(OCc2ccc(Br)cn2)c(Br)c1. The van der Waals surface area contributed by atoms with E-state index >= 15 is 0 Å². The molecule has 0 saturated heterocycles. The Morgan fingerprint density at radius 1 is 1.29 bits per heavy atom. The van der Waals surface area contributed by atoms with Crippen LogP contribution in [0.3, 0.4) is 0 Å². The summed E-state index contributed by atoms with van der Waals surface area (Å²) >= 11 is 6.73. The molecule has 0 unspecified atom stereocenters. The third kappa shape index (κ3) is 4.99. The second-order valence-electron chi connectivity index (χ2n) is 4.12. The van der Waals surface area contributed by atoms with Crippen LogP contribution in [0.25, 0.3) is 6.08 Å². The zero-order valence-electron chi connectivity index (χ0n) is 10.8. The highest BCUT2D eigenvalue weighted by molar-refractivity contribution is 9.10. The van der Waals surface area contributed by atoms with Gasteiger partial charge in [-0.2, -0.15) is 0 Å². The maximum atomic E-state index is 10.5. The number of hydrogen-bond acceptors (Lipinski definition) is 3. The first-order chi connectivity index (χ1) is 10.0. The monoisotopic (exact) mass is 411 g/mol. The first kappa shape index (κ1) is 15.7. The summed E-state index contributed by atoms with van der Waals surface area (Å²) in [6.45, 7) is 0.357. The number of ether oxygens (including phenoxy) is 1. The minimum absolute atomic E-state index is 0.357. The maximum Gasteiger partial charge on any atom is 0.328 e. The summed E-state index contributed by atoms with van der Waals surface area (Å²) in [5, 5.41) is 8.59. The summed E-state index contributed by atoms with van der Waals surface area (Å²) in [4.78, 5) is 14.7. The van der Waals surface area contributed by atoms with Gasteiger partial charge in [0.15, 0.2) is 0 Å². The number of carbonyl (C=O) groups is 1. The smallest absolute Gasteiger partial charge is 0.328 e. The van der Waals surface area contributed by atoms with E-state index in [0.29, 0.717) is 12.4 Å². The lowest BCUT2D eigenvalue weighted by atomic mass is 10.2. The summed E-state index contributed by atoms with van der Waals surface area (Å²) in [5.41, 5.74) is 1.60. The summed E-state index contributed by atoms with van der Waals surface area (Å²) in [5.74, 6) is -0.306. The van der Waals surface area contributed by atoms with Crippen molar-refractivity contribution in [1.82, 2.24) is 4.98 Å². The highest BCUT2D eigenvalue weighted by Gasteiger charge is 2.03. The van der Waals surface area contributed by atoms with E-state index in [0.717, 1.165) is 26.3 Å². The van der Waals surface area contributed by atoms with Crippen LogP contribution in [0.5, 0.6) is 5.75 Å². The number of rotatable bonds is 5. The van der Waals surface area contributed by atoms with Gasteiger partial charge in [0.2, 0.25) is 0 Å². The van der Waals surface area contributed by atoms with Crippen molar-refractivity contribution < 1.29 is 14.6 Å². The molecule has 21 heavy (non-hydrogen) atoms. The molecule has 0 radical (unpaired) electrons. The van der Waals surface area contributed by atoms with Gasteiger partial charge >= 0.3 is 5.97 Å². The average Bonchev–Trinajstić information content (AvgIpc) is 2.46. The molecule has 0 fully saturated rings.